The summed E-state index contributed by atoms with van der Waals surface area (Å²) in [6.07, 6.45) is 0.890. The second-order valence-corrected chi connectivity index (χ2v) is 6.38. The van der Waals surface area contributed by atoms with Gasteiger partial charge in [0, 0.05) is 6.04 Å². The van der Waals surface area contributed by atoms with Crippen molar-refractivity contribution in [2.45, 2.75) is 84.9 Å². The summed E-state index contributed by atoms with van der Waals surface area (Å²) in [6, 6.07) is -0.243. The smallest absolute Gasteiger partial charge is 0.411 e. The van der Waals surface area contributed by atoms with Crippen molar-refractivity contribution < 1.29 is 19.4 Å². The lowest BCUT2D eigenvalue weighted by atomic mass is 9.87. The number of carboxylic acid groups (broad SMARTS) is 1. The quantitative estimate of drug-likeness (QED) is 0.809. The molecule has 0 aromatic rings. The van der Waals surface area contributed by atoms with Crippen LogP contribution in [-0.4, -0.2) is 39.3 Å². The Morgan fingerprint density at radius 2 is 1.70 bits per heavy atom. The second-order valence-electron chi connectivity index (χ2n) is 6.38. The van der Waals surface area contributed by atoms with Crippen LogP contribution in [0.25, 0.3) is 0 Å². The Morgan fingerprint density at radius 3 is 1.95 bits per heavy atom. The lowest BCUT2D eigenvalue weighted by Gasteiger charge is -2.43. The average molecular weight is 287 g/mol. The van der Waals surface area contributed by atoms with Gasteiger partial charge in [0.05, 0.1) is 0 Å². The van der Waals surface area contributed by atoms with Gasteiger partial charge in [-0.15, -0.1) is 0 Å². The molecule has 1 unspecified atom stereocenters. The van der Waals surface area contributed by atoms with E-state index in [4.69, 9.17) is 4.74 Å². The van der Waals surface area contributed by atoms with E-state index in [1.807, 2.05) is 20.8 Å². The average Bonchev–Trinajstić information content (AvgIpc) is 2.24. The first-order chi connectivity index (χ1) is 9.01. The fraction of sp³-hybridized carbons (Fsp3) is 0.867. The Hall–Kier alpha value is -1.26. The molecule has 0 aliphatic carbocycles. The Kier molecular flexibility index (Phi) is 6.51. The monoisotopic (exact) mass is 287 g/mol. The molecule has 1 amide bonds. The molecule has 5 nitrogen and oxygen atoms in total. The Labute approximate surface area is 122 Å². The third kappa shape index (κ3) is 4.39. The lowest BCUT2D eigenvalue weighted by molar-refractivity contribution is -0.153. The standard InChI is InChI=1S/C15H29NO4/c1-8-10-15(9-2,12(17)18)16(11(3)4)13(19)20-14(5,6)7/h11H,8-10H2,1-7H3,(H,17,18). The summed E-state index contributed by atoms with van der Waals surface area (Å²) in [4.78, 5) is 25.6. The molecule has 0 saturated carbocycles. The van der Waals surface area contributed by atoms with E-state index in [2.05, 4.69) is 0 Å². The van der Waals surface area contributed by atoms with Crippen molar-refractivity contribution in [2.75, 3.05) is 0 Å². The minimum Gasteiger partial charge on any atom is -0.479 e. The number of nitrogens with zero attached hydrogens (tertiary/aromatic N) is 1. The first kappa shape index (κ1) is 18.7. The van der Waals surface area contributed by atoms with Crippen molar-refractivity contribution in [2.24, 2.45) is 0 Å². The van der Waals surface area contributed by atoms with Crippen LogP contribution in [-0.2, 0) is 9.53 Å². The summed E-state index contributed by atoms with van der Waals surface area (Å²) in [5.74, 6) is -0.971. The minimum absolute atomic E-state index is 0.243. The van der Waals surface area contributed by atoms with Gasteiger partial charge >= 0.3 is 12.1 Å². The molecule has 0 saturated heterocycles. The topological polar surface area (TPSA) is 66.8 Å². The maximum absolute atomic E-state index is 12.4. The van der Waals surface area contributed by atoms with Crippen LogP contribution >= 0.6 is 0 Å². The molecule has 0 aliphatic heterocycles. The first-order valence-corrected chi connectivity index (χ1v) is 7.27. The third-order valence-electron chi connectivity index (χ3n) is 3.21. The zero-order chi connectivity index (χ0) is 16.1. The first-order valence-electron chi connectivity index (χ1n) is 7.27. The molecule has 0 radical (unpaired) electrons. The van der Waals surface area contributed by atoms with Crippen molar-refractivity contribution in [3.05, 3.63) is 0 Å². The molecule has 0 aliphatic rings. The molecule has 118 valence electrons. The molecule has 0 aromatic heterocycles. The number of aliphatic carboxylic acids is 1. The minimum atomic E-state index is -1.20. The van der Waals surface area contributed by atoms with Crippen LogP contribution < -0.4 is 0 Å². The van der Waals surface area contributed by atoms with Gasteiger partial charge in [-0.05, 0) is 47.5 Å². The zero-order valence-electron chi connectivity index (χ0n) is 13.8. The number of hydrogen-bond acceptors (Lipinski definition) is 3. The van der Waals surface area contributed by atoms with Gasteiger partial charge in [-0.2, -0.15) is 0 Å². The Balaban J connectivity index is 5.61. The third-order valence-corrected chi connectivity index (χ3v) is 3.21. The summed E-state index contributed by atoms with van der Waals surface area (Å²) in [5.41, 5.74) is -1.85. The van der Waals surface area contributed by atoms with E-state index in [-0.39, 0.29) is 6.04 Å². The second kappa shape index (κ2) is 6.95. The van der Waals surface area contributed by atoms with E-state index in [0.717, 1.165) is 0 Å². The van der Waals surface area contributed by atoms with E-state index in [9.17, 15) is 14.7 Å². The molecule has 1 N–H and O–H groups in total. The Bertz CT molecular complexity index is 346. The molecule has 0 spiro atoms. The van der Waals surface area contributed by atoms with Gasteiger partial charge in [0.25, 0.3) is 0 Å². The van der Waals surface area contributed by atoms with Crippen LogP contribution in [0.4, 0.5) is 4.79 Å². The predicted octanol–water partition coefficient (Wildman–Crippen LogP) is 3.67. The highest BCUT2D eigenvalue weighted by molar-refractivity contribution is 5.84. The molecule has 20 heavy (non-hydrogen) atoms. The van der Waals surface area contributed by atoms with E-state index in [1.54, 1.807) is 27.7 Å². The zero-order valence-corrected chi connectivity index (χ0v) is 13.8. The molecule has 0 aromatic carbocycles. The number of rotatable bonds is 6. The SMILES string of the molecule is CCCC(CC)(C(=O)O)N(C(=O)OC(C)(C)C)C(C)C. The molecule has 0 rings (SSSR count). The van der Waals surface area contributed by atoms with Crippen LogP contribution in [0.15, 0.2) is 0 Å². The summed E-state index contributed by atoms with van der Waals surface area (Å²) in [7, 11) is 0. The maximum atomic E-state index is 12.4. The molecule has 0 heterocycles. The Morgan fingerprint density at radius 1 is 1.20 bits per heavy atom. The van der Waals surface area contributed by atoms with Gasteiger partial charge in [0.15, 0.2) is 0 Å². The van der Waals surface area contributed by atoms with E-state index >= 15 is 0 Å². The largest absolute Gasteiger partial charge is 0.479 e. The molecule has 0 bridgehead atoms. The number of ether oxygens (including phenoxy) is 1. The van der Waals surface area contributed by atoms with Crippen molar-refractivity contribution in [1.82, 2.24) is 4.90 Å². The number of amides is 1. The van der Waals surface area contributed by atoms with Crippen LogP contribution in [0.1, 0.15) is 67.7 Å². The number of carboxylic acids is 1. The van der Waals surface area contributed by atoms with Crippen LogP contribution in [0.2, 0.25) is 0 Å². The van der Waals surface area contributed by atoms with Crippen molar-refractivity contribution in [3.63, 3.8) is 0 Å². The summed E-state index contributed by atoms with van der Waals surface area (Å²) < 4.78 is 5.39. The van der Waals surface area contributed by atoms with Gasteiger partial charge in [-0.3, -0.25) is 4.90 Å². The van der Waals surface area contributed by atoms with Crippen LogP contribution in [0, 0.1) is 0 Å². The van der Waals surface area contributed by atoms with Crippen molar-refractivity contribution in [1.29, 1.82) is 0 Å². The summed E-state index contributed by atoms with van der Waals surface area (Å²) >= 11 is 0. The lowest BCUT2D eigenvalue weighted by Crippen LogP contribution is -2.60. The molecular weight excluding hydrogens is 258 g/mol. The number of carbonyl (C=O) groups excluding carboxylic acids is 1. The van der Waals surface area contributed by atoms with Gasteiger partial charge < -0.3 is 9.84 Å². The van der Waals surface area contributed by atoms with E-state index < -0.39 is 23.2 Å². The summed E-state index contributed by atoms with van der Waals surface area (Å²) in [5, 5.41) is 9.67. The fourth-order valence-corrected chi connectivity index (χ4v) is 2.43. The highest BCUT2D eigenvalue weighted by atomic mass is 16.6. The van der Waals surface area contributed by atoms with Crippen LogP contribution in [0.3, 0.4) is 0 Å². The fourth-order valence-electron chi connectivity index (χ4n) is 2.43. The van der Waals surface area contributed by atoms with Gasteiger partial charge in [-0.1, -0.05) is 20.3 Å². The van der Waals surface area contributed by atoms with Crippen LogP contribution in [0.5, 0.6) is 0 Å². The molecular formula is C15H29NO4. The van der Waals surface area contributed by atoms with Gasteiger partial charge in [0.1, 0.15) is 11.1 Å². The van der Waals surface area contributed by atoms with Gasteiger partial charge in [0.2, 0.25) is 0 Å². The van der Waals surface area contributed by atoms with E-state index in [0.29, 0.717) is 19.3 Å². The predicted molar refractivity (Wildman–Crippen MR) is 78.8 cm³/mol. The normalized spacial score (nSPS) is 14.8. The molecule has 0 fully saturated rings. The molecule has 1 atom stereocenters. The van der Waals surface area contributed by atoms with Crippen molar-refractivity contribution in [3.8, 4) is 0 Å². The number of carbonyl (C=O) groups is 2. The van der Waals surface area contributed by atoms with Gasteiger partial charge in [-0.25, -0.2) is 9.59 Å². The highest BCUT2D eigenvalue weighted by Crippen LogP contribution is 2.30. The summed E-state index contributed by atoms with van der Waals surface area (Å²) in [6.45, 7) is 12.7. The maximum Gasteiger partial charge on any atom is 0.411 e. The highest BCUT2D eigenvalue weighted by Gasteiger charge is 2.47. The van der Waals surface area contributed by atoms with E-state index in [1.165, 1.54) is 4.90 Å². The molecule has 5 heteroatoms. The number of hydrogen-bond donors (Lipinski definition) is 1. The van der Waals surface area contributed by atoms with Crippen molar-refractivity contribution >= 4 is 12.1 Å².